The number of benzene rings is 2. The molecule has 0 saturated carbocycles. The minimum atomic E-state index is 0.379. The van der Waals surface area contributed by atoms with Gasteiger partial charge in [-0.15, -0.1) is 0 Å². The summed E-state index contributed by atoms with van der Waals surface area (Å²) in [6.45, 7) is 14.7. The van der Waals surface area contributed by atoms with Crippen molar-refractivity contribution in [1.82, 2.24) is 0 Å². The van der Waals surface area contributed by atoms with Gasteiger partial charge in [-0.2, -0.15) is 0 Å². The molecule has 1 aliphatic carbocycles. The number of fused-ring (bicyclic) bond motifs is 1. The summed E-state index contributed by atoms with van der Waals surface area (Å²) in [7, 11) is 0. The van der Waals surface area contributed by atoms with Gasteiger partial charge in [0, 0.05) is 5.92 Å². The Morgan fingerprint density at radius 1 is 1.08 bits per heavy atom. The highest BCUT2D eigenvalue weighted by Crippen LogP contribution is 2.44. The van der Waals surface area contributed by atoms with Crippen LogP contribution < -0.4 is 0 Å². The maximum Gasteiger partial charge on any atom is 0.0161 e. The van der Waals surface area contributed by atoms with Gasteiger partial charge in [-0.1, -0.05) is 93.3 Å². The summed E-state index contributed by atoms with van der Waals surface area (Å²) in [4.78, 5) is 0. The summed E-state index contributed by atoms with van der Waals surface area (Å²) in [5.74, 6) is 1.39. The van der Waals surface area contributed by atoms with Gasteiger partial charge in [-0.3, -0.25) is 0 Å². The Kier molecular flexibility index (Phi) is 5.61. The highest BCUT2D eigenvalue weighted by Gasteiger charge is 2.32. The molecule has 0 N–H and O–H groups in total. The summed E-state index contributed by atoms with van der Waals surface area (Å²) < 4.78 is 0. The topological polar surface area (TPSA) is 0 Å². The van der Waals surface area contributed by atoms with Crippen molar-refractivity contribution in [3.8, 4) is 0 Å². The summed E-state index contributed by atoms with van der Waals surface area (Å²) >= 11 is 0. The Labute approximate surface area is 159 Å². The van der Waals surface area contributed by atoms with Gasteiger partial charge in [0.2, 0.25) is 0 Å². The van der Waals surface area contributed by atoms with Crippen LogP contribution in [0.25, 0.3) is 0 Å². The van der Waals surface area contributed by atoms with Gasteiger partial charge in [0.1, 0.15) is 0 Å². The molecule has 0 fully saturated rings. The minimum Gasteiger partial charge on any atom is -0.0991 e. The predicted octanol–water partition coefficient (Wildman–Crippen LogP) is 7.11. The van der Waals surface area contributed by atoms with Crippen LogP contribution in [0.5, 0.6) is 0 Å². The van der Waals surface area contributed by atoms with Crippen LogP contribution in [-0.4, -0.2) is 0 Å². The predicted molar refractivity (Wildman–Crippen MR) is 114 cm³/mol. The molecule has 3 rings (SSSR count). The number of aryl methyl sites for hydroxylation is 2. The zero-order valence-electron chi connectivity index (χ0n) is 16.3. The molecule has 1 aliphatic rings. The number of allylic oxidation sites excluding steroid dienone is 4. The Hall–Kier alpha value is -2.34. The maximum absolute atomic E-state index is 4.07. The van der Waals surface area contributed by atoms with E-state index in [1.165, 1.54) is 33.4 Å². The SMILES string of the molecule is C=C/C=C(\C=C)C1CCc2cc(C)ccc2C1c1ccc(C(C)C)cc1. The fourth-order valence-corrected chi connectivity index (χ4v) is 4.29. The highest BCUT2D eigenvalue weighted by atomic mass is 14.4. The molecule has 0 heteroatoms. The van der Waals surface area contributed by atoms with Gasteiger partial charge >= 0.3 is 0 Å². The van der Waals surface area contributed by atoms with Crippen molar-refractivity contribution in [3.63, 3.8) is 0 Å². The second kappa shape index (κ2) is 7.91. The first kappa shape index (κ1) is 18.5. The average molecular weight is 343 g/mol. The molecule has 0 nitrogen and oxygen atoms in total. The molecule has 2 aromatic carbocycles. The van der Waals surface area contributed by atoms with E-state index in [-0.39, 0.29) is 0 Å². The van der Waals surface area contributed by atoms with Gasteiger partial charge in [-0.25, -0.2) is 0 Å². The molecule has 2 atom stereocenters. The van der Waals surface area contributed by atoms with E-state index in [1.54, 1.807) is 0 Å². The first-order valence-corrected chi connectivity index (χ1v) is 9.69. The summed E-state index contributed by atoms with van der Waals surface area (Å²) in [5.41, 5.74) is 8.42. The Morgan fingerprint density at radius 3 is 2.42 bits per heavy atom. The second-order valence-electron chi connectivity index (χ2n) is 7.75. The van der Waals surface area contributed by atoms with Gasteiger partial charge in [0.25, 0.3) is 0 Å². The first-order valence-electron chi connectivity index (χ1n) is 9.69. The highest BCUT2D eigenvalue weighted by molar-refractivity contribution is 5.46. The average Bonchev–Trinajstić information content (AvgIpc) is 2.65. The molecular weight excluding hydrogens is 312 g/mol. The van der Waals surface area contributed by atoms with Crippen LogP contribution >= 0.6 is 0 Å². The van der Waals surface area contributed by atoms with Gasteiger partial charge in [-0.05, 0) is 59.4 Å². The van der Waals surface area contributed by atoms with Crippen molar-refractivity contribution in [3.05, 3.63) is 107 Å². The quantitative estimate of drug-likeness (QED) is 0.508. The van der Waals surface area contributed by atoms with Gasteiger partial charge < -0.3 is 0 Å². The van der Waals surface area contributed by atoms with E-state index in [9.17, 15) is 0 Å². The third kappa shape index (κ3) is 3.60. The fourth-order valence-electron chi connectivity index (χ4n) is 4.29. The van der Waals surface area contributed by atoms with Crippen molar-refractivity contribution < 1.29 is 0 Å². The van der Waals surface area contributed by atoms with E-state index in [4.69, 9.17) is 0 Å². The molecule has 2 unspecified atom stereocenters. The molecular formula is C26H30. The van der Waals surface area contributed by atoms with Crippen molar-refractivity contribution in [1.29, 1.82) is 0 Å². The molecule has 0 radical (unpaired) electrons. The molecule has 134 valence electrons. The molecule has 26 heavy (non-hydrogen) atoms. The smallest absolute Gasteiger partial charge is 0.0161 e. The monoisotopic (exact) mass is 342 g/mol. The van der Waals surface area contributed by atoms with Crippen LogP contribution in [0, 0.1) is 12.8 Å². The van der Waals surface area contributed by atoms with Gasteiger partial charge in [0.05, 0.1) is 0 Å². The lowest BCUT2D eigenvalue weighted by molar-refractivity contribution is 0.477. The van der Waals surface area contributed by atoms with Crippen molar-refractivity contribution in [2.24, 2.45) is 5.92 Å². The van der Waals surface area contributed by atoms with Crippen LogP contribution in [0.1, 0.15) is 59.9 Å². The van der Waals surface area contributed by atoms with Crippen LogP contribution in [0.15, 0.2) is 79.4 Å². The first-order chi connectivity index (χ1) is 12.5. The molecule has 0 aromatic heterocycles. The van der Waals surface area contributed by atoms with Crippen molar-refractivity contribution >= 4 is 0 Å². The molecule has 0 saturated heterocycles. The van der Waals surface area contributed by atoms with Crippen LogP contribution in [-0.2, 0) is 6.42 Å². The Morgan fingerprint density at radius 2 is 1.81 bits per heavy atom. The third-order valence-corrected chi connectivity index (χ3v) is 5.70. The summed E-state index contributed by atoms with van der Waals surface area (Å²) in [6.07, 6.45) is 8.32. The van der Waals surface area contributed by atoms with Crippen LogP contribution in [0.4, 0.5) is 0 Å². The fraction of sp³-hybridized carbons (Fsp3) is 0.308. The molecule has 0 spiro atoms. The zero-order valence-corrected chi connectivity index (χ0v) is 16.3. The minimum absolute atomic E-state index is 0.379. The van der Waals surface area contributed by atoms with Crippen LogP contribution in [0.3, 0.4) is 0 Å². The Balaban J connectivity index is 2.12. The standard InChI is InChI=1S/C26H30/c1-6-8-20(7-2)24-16-14-23-17-19(5)9-15-25(23)26(24)22-12-10-21(11-13-22)18(3)4/h6-13,15,17-18,24,26H,1-2,14,16H2,3-5H3/b20-8+. The molecule has 2 aromatic rings. The van der Waals surface area contributed by atoms with Gasteiger partial charge in [0.15, 0.2) is 0 Å². The zero-order chi connectivity index (χ0) is 18.7. The van der Waals surface area contributed by atoms with E-state index in [0.717, 1.165) is 12.8 Å². The molecule has 0 heterocycles. The van der Waals surface area contributed by atoms with Crippen molar-refractivity contribution in [2.45, 2.75) is 45.4 Å². The molecule has 0 bridgehead atoms. The summed E-state index contributed by atoms with van der Waals surface area (Å²) in [5, 5.41) is 0. The summed E-state index contributed by atoms with van der Waals surface area (Å²) in [6, 6.07) is 16.2. The Bertz CT molecular complexity index is 818. The number of hydrogen-bond acceptors (Lipinski definition) is 0. The van der Waals surface area contributed by atoms with Crippen LogP contribution in [0.2, 0.25) is 0 Å². The number of hydrogen-bond donors (Lipinski definition) is 0. The van der Waals surface area contributed by atoms with E-state index in [0.29, 0.717) is 17.8 Å². The lowest BCUT2D eigenvalue weighted by Gasteiger charge is -2.35. The van der Waals surface area contributed by atoms with E-state index in [1.807, 2.05) is 12.2 Å². The van der Waals surface area contributed by atoms with Crippen molar-refractivity contribution in [2.75, 3.05) is 0 Å². The second-order valence-corrected chi connectivity index (χ2v) is 7.75. The van der Waals surface area contributed by atoms with E-state index >= 15 is 0 Å². The number of rotatable bonds is 5. The third-order valence-electron chi connectivity index (χ3n) is 5.70. The lowest BCUT2D eigenvalue weighted by Crippen LogP contribution is -2.23. The van der Waals surface area contributed by atoms with E-state index in [2.05, 4.69) is 82.5 Å². The lowest BCUT2D eigenvalue weighted by atomic mass is 9.68. The normalized spacial score (nSPS) is 19.9. The largest absolute Gasteiger partial charge is 0.0991 e. The van der Waals surface area contributed by atoms with E-state index < -0.39 is 0 Å². The molecule has 0 aliphatic heterocycles. The maximum atomic E-state index is 4.07. The molecule has 0 amide bonds.